The Labute approximate surface area is 166 Å². The second-order valence-electron chi connectivity index (χ2n) is 6.69. The van der Waals surface area contributed by atoms with Gasteiger partial charge in [0.1, 0.15) is 17.6 Å². The number of carbonyl (C=O) groups excluding carboxylic acids is 1. The zero-order chi connectivity index (χ0) is 20.5. The Kier molecular flexibility index (Phi) is 4.80. The third-order valence-electron chi connectivity index (χ3n) is 5.08. The first kappa shape index (κ1) is 18.7. The number of hydrogen-bond donors (Lipinski definition) is 0. The molecule has 7 nitrogen and oxygen atoms in total. The summed E-state index contributed by atoms with van der Waals surface area (Å²) in [5, 5.41) is 0.629. The average molecular weight is 391 g/mol. The van der Waals surface area contributed by atoms with Crippen molar-refractivity contribution in [3.05, 3.63) is 75.4 Å². The molecule has 0 bridgehead atoms. The van der Waals surface area contributed by atoms with Gasteiger partial charge in [-0.1, -0.05) is 30.3 Å². The summed E-state index contributed by atoms with van der Waals surface area (Å²) in [5.74, 6) is -0.193. The minimum atomic E-state index is -0.569. The van der Waals surface area contributed by atoms with Gasteiger partial charge in [0.2, 0.25) is 11.5 Å². The number of likely N-dealkylation sites (N-methyl/N-ethyl adjacent to an activating group) is 1. The Morgan fingerprint density at radius 3 is 2.31 bits per heavy atom. The molecule has 1 amide bonds. The molecule has 0 saturated heterocycles. The maximum Gasteiger partial charge on any atom is 0.336 e. The lowest BCUT2D eigenvalue weighted by Gasteiger charge is -2.20. The molecular formula is C22H21N3O4. The van der Waals surface area contributed by atoms with E-state index in [0.717, 1.165) is 4.57 Å². The van der Waals surface area contributed by atoms with Crippen LogP contribution in [0, 0.1) is 0 Å². The molecule has 0 saturated carbocycles. The molecule has 2 heterocycles. The predicted octanol–water partition coefficient (Wildman–Crippen LogP) is 2.77. The summed E-state index contributed by atoms with van der Waals surface area (Å²) in [4.78, 5) is 41.0. The second kappa shape index (κ2) is 7.43. The molecule has 0 spiro atoms. The van der Waals surface area contributed by atoms with Gasteiger partial charge in [-0.15, -0.1) is 0 Å². The van der Waals surface area contributed by atoms with Crippen molar-refractivity contribution in [1.82, 2.24) is 14.0 Å². The van der Waals surface area contributed by atoms with E-state index in [1.807, 2.05) is 13.8 Å². The Morgan fingerprint density at radius 1 is 0.966 bits per heavy atom. The fraction of sp³-hybridized carbons (Fsp3) is 0.227. The Balaban J connectivity index is 2.07. The van der Waals surface area contributed by atoms with Crippen LogP contribution < -0.4 is 11.2 Å². The van der Waals surface area contributed by atoms with Gasteiger partial charge < -0.3 is 9.32 Å². The van der Waals surface area contributed by atoms with E-state index >= 15 is 0 Å². The highest BCUT2D eigenvalue weighted by atomic mass is 16.3. The number of furan rings is 1. The quantitative estimate of drug-likeness (QED) is 0.524. The maximum absolute atomic E-state index is 13.4. The Hall–Kier alpha value is -3.61. The molecule has 148 valence electrons. The highest BCUT2D eigenvalue weighted by Crippen LogP contribution is 2.25. The van der Waals surface area contributed by atoms with Gasteiger partial charge in [-0.3, -0.25) is 14.2 Å². The highest BCUT2D eigenvalue weighted by molar-refractivity contribution is 6.02. The van der Waals surface area contributed by atoms with Crippen molar-refractivity contribution in [2.24, 2.45) is 0 Å². The van der Waals surface area contributed by atoms with Gasteiger partial charge in [-0.2, -0.15) is 0 Å². The normalized spacial score (nSPS) is 11.2. The number of benzene rings is 2. The van der Waals surface area contributed by atoms with Crippen molar-refractivity contribution in [1.29, 1.82) is 0 Å². The maximum atomic E-state index is 13.4. The molecule has 0 atom stereocenters. The fourth-order valence-electron chi connectivity index (χ4n) is 3.61. The number of amides is 1. The lowest BCUT2D eigenvalue weighted by Crippen LogP contribution is -2.42. The van der Waals surface area contributed by atoms with E-state index in [1.165, 1.54) is 4.57 Å². The van der Waals surface area contributed by atoms with Crippen LogP contribution in [0.25, 0.3) is 27.8 Å². The van der Waals surface area contributed by atoms with Gasteiger partial charge in [-0.25, -0.2) is 9.36 Å². The molecule has 0 N–H and O–H groups in total. The van der Waals surface area contributed by atoms with Crippen LogP contribution in [0.3, 0.4) is 0 Å². The summed E-state index contributed by atoms with van der Waals surface area (Å²) >= 11 is 0. The van der Waals surface area contributed by atoms with E-state index in [2.05, 4.69) is 0 Å². The smallest absolute Gasteiger partial charge is 0.336 e. The monoisotopic (exact) mass is 391 g/mol. The molecule has 4 rings (SSSR count). The molecule has 2 aromatic heterocycles. The van der Waals surface area contributed by atoms with Gasteiger partial charge >= 0.3 is 11.2 Å². The first-order chi connectivity index (χ1) is 14.1. The van der Waals surface area contributed by atoms with Crippen molar-refractivity contribution in [3.63, 3.8) is 0 Å². The molecule has 0 aliphatic carbocycles. The molecule has 0 aliphatic heterocycles. The number of fused-ring (bicyclic) bond motifs is 3. The summed E-state index contributed by atoms with van der Waals surface area (Å²) in [6.45, 7) is 4.68. The van der Waals surface area contributed by atoms with Crippen LogP contribution in [0.1, 0.15) is 13.8 Å². The summed E-state index contributed by atoms with van der Waals surface area (Å²) in [7, 11) is 0. The molecule has 0 radical (unpaired) electrons. The van der Waals surface area contributed by atoms with Crippen molar-refractivity contribution >= 4 is 28.0 Å². The number of para-hydroxylation sites is 2. The SMILES string of the molecule is CCN(CC)C(=O)Cn1c(=O)n(-c2ccccc2)c(=O)c2oc3ccccc3c21. The van der Waals surface area contributed by atoms with Crippen LogP contribution in [0.15, 0.2) is 68.6 Å². The summed E-state index contributed by atoms with van der Waals surface area (Å²) < 4.78 is 8.22. The fourth-order valence-corrected chi connectivity index (χ4v) is 3.61. The Bertz CT molecular complexity index is 1310. The standard InChI is InChI=1S/C22H21N3O4/c1-3-23(4-2)18(26)14-24-19-16-12-8-9-13-17(16)29-20(19)21(27)25(22(24)28)15-10-6-5-7-11-15/h5-13H,3-4,14H2,1-2H3. The lowest BCUT2D eigenvalue weighted by molar-refractivity contribution is -0.131. The average Bonchev–Trinajstić information content (AvgIpc) is 3.13. The summed E-state index contributed by atoms with van der Waals surface area (Å²) in [6, 6.07) is 15.8. The third-order valence-corrected chi connectivity index (χ3v) is 5.08. The van der Waals surface area contributed by atoms with Gasteiger partial charge in [0, 0.05) is 18.5 Å². The highest BCUT2D eigenvalue weighted by Gasteiger charge is 2.23. The number of aromatic nitrogens is 2. The van der Waals surface area contributed by atoms with Gasteiger partial charge in [0.05, 0.1) is 5.69 Å². The minimum absolute atomic E-state index is 0.0574. The molecule has 7 heteroatoms. The minimum Gasteiger partial charge on any atom is -0.449 e. The van der Waals surface area contributed by atoms with E-state index < -0.39 is 11.2 Å². The zero-order valence-corrected chi connectivity index (χ0v) is 16.3. The molecule has 4 aromatic rings. The van der Waals surface area contributed by atoms with Crippen molar-refractivity contribution in [2.75, 3.05) is 13.1 Å². The Morgan fingerprint density at radius 2 is 1.62 bits per heavy atom. The van der Waals surface area contributed by atoms with Crippen LogP contribution in [0.5, 0.6) is 0 Å². The van der Waals surface area contributed by atoms with Crippen molar-refractivity contribution in [3.8, 4) is 5.69 Å². The molecule has 0 fully saturated rings. The van der Waals surface area contributed by atoms with Gasteiger partial charge in [0.25, 0.3) is 0 Å². The molecular weight excluding hydrogens is 370 g/mol. The molecule has 0 unspecified atom stereocenters. The van der Waals surface area contributed by atoms with Crippen LogP contribution in [-0.4, -0.2) is 33.0 Å². The van der Waals surface area contributed by atoms with Gasteiger partial charge in [0.15, 0.2) is 0 Å². The van der Waals surface area contributed by atoms with E-state index in [0.29, 0.717) is 35.3 Å². The number of hydrogen-bond acceptors (Lipinski definition) is 4. The first-order valence-corrected chi connectivity index (χ1v) is 9.57. The number of nitrogens with zero attached hydrogens (tertiary/aromatic N) is 3. The van der Waals surface area contributed by atoms with Crippen LogP contribution in [-0.2, 0) is 11.3 Å². The molecule has 2 aromatic carbocycles. The number of carbonyl (C=O) groups is 1. The van der Waals surface area contributed by atoms with Crippen LogP contribution in [0.2, 0.25) is 0 Å². The van der Waals surface area contributed by atoms with Crippen LogP contribution >= 0.6 is 0 Å². The topological polar surface area (TPSA) is 77.5 Å². The van der Waals surface area contributed by atoms with E-state index in [1.54, 1.807) is 59.5 Å². The third kappa shape index (κ3) is 3.04. The predicted molar refractivity (Wildman–Crippen MR) is 112 cm³/mol. The summed E-state index contributed by atoms with van der Waals surface area (Å²) in [6.07, 6.45) is 0. The summed E-state index contributed by atoms with van der Waals surface area (Å²) in [5.41, 5.74) is 0.215. The lowest BCUT2D eigenvalue weighted by atomic mass is 10.2. The van der Waals surface area contributed by atoms with Crippen molar-refractivity contribution in [2.45, 2.75) is 20.4 Å². The van der Waals surface area contributed by atoms with E-state index in [9.17, 15) is 14.4 Å². The van der Waals surface area contributed by atoms with E-state index in [4.69, 9.17) is 4.42 Å². The molecule has 0 aliphatic rings. The largest absolute Gasteiger partial charge is 0.449 e. The van der Waals surface area contributed by atoms with Gasteiger partial charge in [-0.05, 0) is 38.1 Å². The molecule has 29 heavy (non-hydrogen) atoms. The first-order valence-electron chi connectivity index (χ1n) is 9.57. The number of rotatable bonds is 5. The van der Waals surface area contributed by atoms with E-state index in [-0.39, 0.29) is 18.0 Å². The van der Waals surface area contributed by atoms with Crippen LogP contribution in [0.4, 0.5) is 0 Å². The zero-order valence-electron chi connectivity index (χ0n) is 16.3. The second-order valence-corrected chi connectivity index (χ2v) is 6.69. The van der Waals surface area contributed by atoms with Crippen molar-refractivity contribution < 1.29 is 9.21 Å².